The van der Waals surface area contributed by atoms with Gasteiger partial charge in [0.2, 0.25) is 0 Å². The maximum Gasteiger partial charge on any atom is 0.356 e. The lowest BCUT2D eigenvalue weighted by atomic mass is 10.2. The molecule has 1 fully saturated rings. The second-order valence-electron chi connectivity index (χ2n) is 6.90. The zero-order chi connectivity index (χ0) is 21.3. The highest BCUT2D eigenvalue weighted by atomic mass is 35.5. The number of nitrogens with one attached hydrogen (secondary N) is 1. The highest BCUT2D eigenvalue weighted by Gasteiger charge is 2.25. The van der Waals surface area contributed by atoms with Crippen molar-refractivity contribution in [3.05, 3.63) is 64.8 Å². The number of carbonyl (C=O) groups excluding carboxylic acids is 2. The highest BCUT2D eigenvalue weighted by molar-refractivity contribution is 6.38. The summed E-state index contributed by atoms with van der Waals surface area (Å²) in [5.74, 6) is -1.93. The van der Waals surface area contributed by atoms with Gasteiger partial charge in [-0.1, -0.05) is 23.7 Å². The van der Waals surface area contributed by atoms with E-state index < -0.39 is 18.4 Å². The Morgan fingerprint density at radius 1 is 1.07 bits per heavy atom. The third-order valence-corrected chi connectivity index (χ3v) is 5.45. The largest absolute Gasteiger partial charge is 0.451 e. The zero-order valence-electron chi connectivity index (χ0n) is 15.8. The molecule has 1 saturated heterocycles. The van der Waals surface area contributed by atoms with Crippen molar-refractivity contribution < 1.29 is 23.1 Å². The first-order valence-electron chi connectivity index (χ1n) is 9.35. The molecule has 0 bridgehead atoms. The van der Waals surface area contributed by atoms with Crippen LogP contribution in [0.5, 0.6) is 0 Å². The number of esters is 1. The molecule has 1 aliphatic rings. The first kappa shape index (κ1) is 20.2. The Morgan fingerprint density at radius 2 is 1.80 bits per heavy atom. The summed E-state index contributed by atoms with van der Waals surface area (Å²) in [6.07, 6.45) is 0. The Morgan fingerprint density at radius 3 is 2.53 bits per heavy atom. The molecule has 0 unspecified atom stereocenters. The summed E-state index contributed by atoms with van der Waals surface area (Å²) in [6.45, 7) is 1.27. The summed E-state index contributed by atoms with van der Waals surface area (Å²) in [4.78, 5) is 31.0. The smallest absolute Gasteiger partial charge is 0.356 e. The number of hydrogen-bond donors (Lipinski definition) is 1. The van der Waals surface area contributed by atoms with Crippen molar-refractivity contribution in [3.63, 3.8) is 0 Å². The number of amides is 1. The topological polar surface area (TPSA) is 65.6 Å². The molecular formula is C21H18ClF2N3O3. The number of aromatic nitrogens is 1. The normalized spacial score (nSPS) is 14.2. The van der Waals surface area contributed by atoms with E-state index >= 15 is 0 Å². The summed E-state index contributed by atoms with van der Waals surface area (Å²) >= 11 is 6.14. The lowest BCUT2D eigenvalue weighted by molar-refractivity contribution is -0.134. The molecule has 6 nitrogen and oxygen atoms in total. The number of halogens is 3. The van der Waals surface area contributed by atoms with Crippen LogP contribution in [-0.4, -0.2) is 54.5 Å². The maximum absolute atomic E-state index is 13.9. The van der Waals surface area contributed by atoms with Gasteiger partial charge in [0.15, 0.2) is 6.61 Å². The van der Waals surface area contributed by atoms with E-state index in [1.807, 2.05) is 4.90 Å². The van der Waals surface area contributed by atoms with Gasteiger partial charge in [-0.3, -0.25) is 4.79 Å². The molecule has 2 heterocycles. The van der Waals surface area contributed by atoms with Crippen LogP contribution in [0.2, 0.25) is 5.02 Å². The lowest BCUT2D eigenvalue weighted by Crippen LogP contribution is -2.50. The molecule has 4 rings (SSSR count). The van der Waals surface area contributed by atoms with Crippen molar-refractivity contribution in [2.24, 2.45) is 0 Å². The SMILES string of the molecule is O=C(OCC(=O)N1CCN(c2ccccc2F)CC1)c1[nH]c2ccc(F)cc2c1Cl. The van der Waals surface area contributed by atoms with Gasteiger partial charge in [0.05, 0.1) is 10.7 Å². The molecule has 1 amide bonds. The zero-order valence-corrected chi connectivity index (χ0v) is 16.6. The molecule has 1 aromatic heterocycles. The molecule has 0 atom stereocenters. The monoisotopic (exact) mass is 433 g/mol. The van der Waals surface area contributed by atoms with Crippen LogP contribution in [0, 0.1) is 11.6 Å². The van der Waals surface area contributed by atoms with E-state index in [-0.39, 0.29) is 22.4 Å². The van der Waals surface area contributed by atoms with E-state index in [4.69, 9.17) is 16.3 Å². The number of rotatable bonds is 4. The maximum atomic E-state index is 13.9. The van der Waals surface area contributed by atoms with Crippen LogP contribution in [0.1, 0.15) is 10.5 Å². The molecule has 30 heavy (non-hydrogen) atoms. The average molecular weight is 434 g/mol. The highest BCUT2D eigenvalue weighted by Crippen LogP contribution is 2.28. The quantitative estimate of drug-likeness (QED) is 0.638. The van der Waals surface area contributed by atoms with E-state index in [9.17, 15) is 18.4 Å². The standard InChI is InChI=1S/C21H18ClF2N3O3/c22-19-14-11-13(23)5-6-16(14)25-20(19)21(29)30-12-18(28)27-9-7-26(8-10-27)17-4-2-1-3-15(17)24/h1-6,11,25H,7-10,12H2. The first-order valence-corrected chi connectivity index (χ1v) is 9.73. The second-order valence-corrected chi connectivity index (χ2v) is 7.28. The number of benzene rings is 2. The van der Waals surface area contributed by atoms with Crippen LogP contribution < -0.4 is 4.90 Å². The molecule has 156 valence electrons. The fourth-order valence-corrected chi connectivity index (χ4v) is 3.75. The van der Waals surface area contributed by atoms with E-state index in [1.54, 1.807) is 23.1 Å². The van der Waals surface area contributed by atoms with Gasteiger partial charge in [0.1, 0.15) is 17.3 Å². The van der Waals surface area contributed by atoms with Crippen LogP contribution in [0.25, 0.3) is 10.9 Å². The first-order chi connectivity index (χ1) is 14.4. The number of ether oxygens (including phenoxy) is 1. The Labute approximate surface area is 176 Å². The molecule has 0 saturated carbocycles. The Hall–Kier alpha value is -3.13. The minimum Gasteiger partial charge on any atom is -0.451 e. The van der Waals surface area contributed by atoms with Crippen LogP contribution in [0.4, 0.5) is 14.5 Å². The third kappa shape index (κ3) is 3.95. The number of fused-ring (bicyclic) bond motifs is 1. The number of anilines is 1. The summed E-state index contributed by atoms with van der Waals surface area (Å²) in [5.41, 5.74) is 0.958. The van der Waals surface area contributed by atoms with E-state index in [2.05, 4.69) is 4.98 Å². The van der Waals surface area contributed by atoms with Crippen LogP contribution in [-0.2, 0) is 9.53 Å². The van der Waals surface area contributed by atoms with Gasteiger partial charge in [0, 0.05) is 37.1 Å². The van der Waals surface area contributed by atoms with Gasteiger partial charge in [-0.25, -0.2) is 13.6 Å². The summed E-state index contributed by atoms with van der Waals surface area (Å²) < 4.78 is 32.4. The van der Waals surface area contributed by atoms with Crippen molar-refractivity contribution in [2.75, 3.05) is 37.7 Å². The lowest BCUT2D eigenvalue weighted by Gasteiger charge is -2.36. The van der Waals surface area contributed by atoms with Crippen molar-refractivity contribution in [2.45, 2.75) is 0 Å². The van der Waals surface area contributed by atoms with Crippen LogP contribution >= 0.6 is 11.6 Å². The number of nitrogens with zero attached hydrogens (tertiary/aromatic N) is 2. The number of piperazine rings is 1. The number of hydrogen-bond acceptors (Lipinski definition) is 4. The average Bonchev–Trinajstić information content (AvgIpc) is 3.08. The molecule has 2 aromatic carbocycles. The summed E-state index contributed by atoms with van der Waals surface area (Å²) in [5, 5.41) is 0.402. The van der Waals surface area contributed by atoms with Gasteiger partial charge in [0.25, 0.3) is 5.91 Å². The molecule has 0 radical (unpaired) electrons. The fraction of sp³-hybridized carbons (Fsp3) is 0.238. The Kier molecular flexibility index (Phi) is 5.59. The van der Waals surface area contributed by atoms with Crippen molar-refractivity contribution in [3.8, 4) is 0 Å². The van der Waals surface area contributed by atoms with E-state index in [1.165, 1.54) is 24.3 Å². The predicted octanol–water partition coefficient (Wildman–Crippen LogP) is 3.61. The molecule has 9 heteroatoms. The fourth-order valence-electron chi connectivity index (χ4n) is 3.47. The minimum atomic E-state index is -0.796. The summed E-state index contributed by atoms with van der Waals surface area (Å²) in [6, 6.07) is 10.4. The molecule has 1 aliphatic heterocycles. The molecule has 0 aliphatic carbocycles. The van der Waals surface area contributed by atoms with Gasteiger partial charge >= 0.3 is 5.97 Å². The molecule has 0 spiro atoms. The van der Waals surface area contributed by atoms with Crippen LogP contribution in [0.3, 0.4) is 0 Å². The van der Waals surface area contributed by atoms with Crippen molar-refractivity contribution in [1.29, 1.82) is 0 Å². The molecule has 1 N–H and O–H groups in total. The van der Waals surface area contributed by atoms with E-state index in [0.29, 0.717) is 42.8 Å². The van der Waals surface area contributed by atoms with Crippen molar-refractivity contribution >= 4 is 40.1 Å². The number of H-pyrrole nitrogens is 1. The number of para-hydroxylation sites is 1. The van der Waals surface area contributed by atoms with Gasteiger partial charge < -0.3 is 19.5 Å². The molecule has 3 aromatic rings. The second kappa shape index (κ2) is 8.31. The Bertz CT molecular complexity index is 1110. The Balaban J connectivity index is 1.34. The van der Waals surface area contributed by atoms with Gasteiger partial charge in [-0.15, -0.1) is 0 Å². The van der Waals surface area contributed by atoms with Gasteiger partial charge in [-0.05, 0) is 30.3 Å². The minimum absolute atomic E-state index is 0.0329. The van der Waals surface area contributed by atoms with Gasteiger partial charge in [-0.2, -0.15) is 0 Å². The van der Waals surface area contributed by atoms with E-state index in [0.717, 1.165) is 0 Å². The number of aromatic amines is 1. The van der Waals surface area contributed by atoms with Crippen LogP contribution in [0.15, 0.2) is 42.5 Å². The molecular weight excluding hydrogens is 416 g/mol. The van der Waals surface area contributed by atoms with Crippen molar-refractivity contribution in [1.82, 2.24) is 9.88 Å². The third-order valence-electron chi connectivity index (χ3n) is 5.05. The number of carbonyl (C=O) groups is 2. The predicted molar refractivity (Wildman–Crippen MR) is 109 cm³/mol. The summed E-state index contributed by atoms with van der Waals surface area (Å²) in [7, 11) is 0.